The molecule has 2 heterocycles. The van der Waals surface area contributed by atoms with Gasteiger partial charge in [-0.1, -0.05) is 28.1 Å². The maximum absolute atomic E-state index is 10.8. The number of non-ortho nitro benzene ring substituents is 1. The van der Waals surface area contributed by atoms with Gasteiger partial charge < -0.3 is 4.98 Å². The van der Waals surface area contributed by atoms with E-state index in [1.54, 1.807) is 12.1 Å². The number of hydrogen-bond acceptors (Lipinski definition) is 7. The predicted molar refractivity (Wildman–Crippen MR) is 101 cm³/mol. The lowest BCUT2D eigenvalue weighted by Gasteiger charge is -1.97. The fourth-order valence-electron chi connectivity index (χ4n) is 2.47. The monoisotopic (exact) mass is 411 g/mol. The molecule has 0 fully saturated rings. The van der Waals surface area contributed by atoms with Crippen molar-refractivity contribution in [2.45, 2.75) is 0 Å². The molecule has 0 aliphatic rings. The minimum Gasteiger partial charge on any atom is -0.338 e. The zero-order valence-electron chi connectivity index (χ0n) is 13.0. The van der Waals surface area contributed by atoms with Gasteiger partial charge in [-0.05, 0) is 18.2 Å². The molecule has 26 heavy (non-hydrogen) atoms. The van der Waals surface area contributed by atoms with Gasteiger partial charge in [0.2, 0.25) is 0 Å². The summed E-state index contributed by atoms with van der Waals surface area (Å²) in [4.78, 5) is 17.8. The van der Waals surface area contributed by atoms with Gasteiger partial charge >= 0.3 is 0 Å². The van der Waals surface area contributed by atoms with Crippen LogP contribution in [0.1, 0.15) is 5.56 Å². The van der Waals surface area contributed by atoms with Crippen LogP contribution in [-0.4, -0.2) is 31.3 Å². The maximum atomic E-state index is 10.8. The van der Waals surface area contributed by atoms with Crippen molar-refractivity contribution in [2.24, 2.45) is 5.10 Å². The molecule has 2 aromatic carbocycles. The minimum absolute atomic E-state index is 0.00229. The molecular weight excluding hydrogens is 402 g/mol. The number of H-pyrrole nitrogens is 1. The Balaban J connectivity index is 1.58. The zero-order valence-corrected chi connectivity index (χ0v) is 14.6. The fourth-order valence-corrected chi connectivity index (χ4v) is 2.84. The first-order valence-corrected chi connectivity index (χ1v) is 8.25. The molecule has 0 unspecified atom stereocenters. The van der Waals surface area contributed by atoms with Gasteiger partial charge in [-0.3, -0.25) is 10.1 Å². The highest BCUT2D eigenvalue weighted by Crippen LogP contribution is 2.25. The highest BCUT2D eigenvalue weighted by molar-refractivity contribution is 9.10. The molecule has 2 aromatic heterocycles. The molecule has 2 N–H and O–H groups in total. The molecule has 10 heteroatoms. The van der Waals surface area contributed by atoms with Crippen molar-refractivity contribution in [1.82, 2.24) is 20.2 Å². The second-order valence-corrected chi connectivity index (χ2v) is 6.29. The summed E-state index contributed by atoms with van der Waals surface area (Å²) in [6.07, 6.45) is 1.45. The van der Waals surface area contributed by atoms with Crippen molar-refractivity contribution in [3.05, 3.63) is 62.6 Å². The van der Waals surface area contributed by atoms with E-state index in [1.807, 2.05) is 18.2 Å². The molecule has 0 saturated carbocycles. The first-order valence-electron chi connectivity index (χ1n) is 7.45. The van der Waals surface area contributed by atoms with Crippen LogP contribution in [-0.2, 0) is 0 Å². The van der Waals surface area contributed by atoms with Gasteiger partial charge in [-0.2, -0.15) is 10.1 Å². The Bertz CT molecular complexity index is 1170. The van der Waals surface area contributed by atoms with Gasteiger partial charge in [0.1, 0.15) is 5.52 Å². The molecule has 4 rings (SSSR count). The van der Waals surface area contributed by atoms with E-state index >= 15 is 0 Å². The predicted octanol–water partition coefficient (Wildman–Crippen LogP) is 3.62. The molecule has 0 radical (unpaired) electrons. The Hall–Kier alpha value is -3.40. The van der Waals surface area contributed by atoms with Gasteiger partial charge in [-0.25, -0.2) is 5.43 Å². The molecule has 0 aliphatic heterocycles. The van der Waals surface area contributed by atoms with Crippen LogP contribution < -0.4 is 5.43 Å². The number of anilines is 1. The SMILES string of the molecule is O=[N+]([O-])c1cccc(C=NNc2nnc3c(n2)[nH]c2ccc(Br)cc23)c1. The van der Waals surface area contributed by atoms with Crippen molar-refractivity contribution < 1.29 is 4.92 Å². The van der Waals surface area contributed by atoms with Crippen LogP contribution in [0.3, 0.4) is 0 Å². The van der Waals surface area contributed by atoms with Crippen LogP contribution >= 0.6 is 15.9 Å². The second kappa shape index (κ2) is 6.48. The third-order valence-electron chi connectivity index (χ3n) is 3.64. The summed E-state index contributed by atoms with van der Waals surface area (Å²) in [6, 6.07) is 11.9. The van der Waals surface area contributed by atoms with Gasteiger partial charge in [-0.15, -0.1) is 10.2 Å². The average molecular weight is 412 g/mol. The Kier molecular flexibility index (Phi) is 4.01. The van der Waals surface area contributed by atoms with Crippen LogP contribution in [0, 0.1) is 10.1 Å². The second-order valence-electron chi connectivity index (χ2n) is 5.37. The third-order valence-corrected chi connectivity index (χ3v) is 4.13. The number of nitrogens with one attached hydrogen (secondary N) is 2. The molecule has 0 aliphatic carbocycles. The van der Waals surface area contributed by atoms with E-state index in [1.165, 1.54) is 18.3 Å². The molecule has 0 bridgehead atoms. The van der Waals surface area contributed by atoms with E-state index in [-0.39, 0.29) is 11.6 Å². The van der Waals surface area contributed by atoms with Crippen molar-refractivity contribution in [2.75, 3.05) is 5.43 Å². The first-order chi connectivity index (χ1) is 12.6. The number of halogens is 1. The number of benzene rings is 2. The number of rotatable bonds is 4. The van der Waals surface area contributed by atoms with Crippen LogP contribution in [0.4, 0.5) is 11.6 Å². The smallest absolute Gasteiger partial charge is 0.270 e. The average Bonchev–Trinajstić information content (AvgIpc) is 2.99. The Morgan fingerprint density at radius 3 is 2.96 bits per heavy atom. The van der Waals surface area contributed by atoms with Crippen molar-refractivity contribution in [1.29, 1.82) is 0 Å². The number of nitrogens with zero attached hydrogens (tertiary/aromatic N) is 5. The summed E-state index contributed by atoms with van der Waals surface area (Å²) in [5.74, 6) is 0.213. The number of hydrogen-bond donors (Lipinski definition) is 2. The van der Waals surface area contributed by atoms with Crippen molar-refractivity contribution >= 4 is 55.8 Å². The lowest BCUT2D eigenvalue weighted by atomic mass is 10.2. The molecule has 0 atom stereocenters. The van der Waals surface area contributed by atoms with Gasteiger partial charge in [0.25, 0.3) is 11.6 Å². The first kappa shape index (κ1) is 16.1. The standard InChI is InChI=1S/C16H10BrN7O2/c17-10-4-5-13-12(7-10)14-15(19-13)20-16(23-21-14)22-18-8-9-2-1-3-11(6-9)24(25)26/h1-8H,(H2,19,20,22,23). The largest absolute Gasteiger partial charge is 0.338 e. The number of fused-ring (bicyclic) bond motifs is 3. The highest BCUT2D eigenvalue weighted by atomic mass is 79.9. The van der Waals surface area contributed by atoms with Gasteiger partial charge in [0, 0.05) is 33.1 Å². The quantitative estimate of drug-likeness (QED) is 0.300. The van der Waals surface area contributed by atoms with Crippen LogP contribution in [0.25, 0.3) is 22.1 Å². The number of hydrazone groups is 1. The molecule has 0 amide bonds. The van der Waals surface area contributed by atoms with E-state index < -0.39 is 4.92 Å². The van der Waals surface area contributed by atoms with Crippen LogP contribution in [0.2, 0.25) is 0 Å². The summed E-state index contributed by atoms with van der Waals surface area (Å²) in [5, 5.41) is 23.9. The summed E-state index contributed by atoms with van der Waals surface area (Å²) >= 11 is 3.43. The van der Waals surface area contributed by atoms with Crippen LogP contribution in [0.15, 0.2) is 52.0 Å². The molecule has 4 aromatic rings. The van der Waals surface area contributed by atoms with E-state index in [2.05, 4.69) is 46.6 Å². The summed E-state index contributed by atoms with van der Waals surface area (Å²) < 4.78 is 0.941. The van der Waals surface area contributed by atoms with Gasteiger partial charge in [0.15, 0.2) is 5.65 Å². The number of nitro groups is 1. The molecule has 0 spiro atoms. The fraction of sp³-hybridized carbons (Fsp3) is 0. The topological polar surface area (TPSA) is 122 Å². The minimum atomic E-state index is -0.458. The van der Waals surface area contributed by atoms with E-state index in [0.717, 1.165) is 15.4 Å². The Labute approximate surface area is 154 Å². The zero-order chi connectivity index (χ0) is 18.1. The lowest BCUT2D eigenvalue weighted by molar-refractivity contribution is -0.384. The lowest BCUT2D eigenvalue weighted by Crippen LogP contribution is -1.99. The molecular formula is C16H10BrN7O2. The Morgan fingerprint density at radius 1 is 1.23 bits per heavy atom. The summed E-state index contributed by atoms with van der Waals surface area (Å²) in [7, 11) is 0. The molecule has 128 valence electrons. The van der Waals surface area contributed by atoms with Gasteiger partial charge in [0.05, 0.1) is 11.1 Å². The number of nitro benzene ring substituents is 1. The number of aromatic amines is 1. The summed E-state index contributed by atoms with van der Waals surface area (Å²) in [5.41, 5.74) is 5.40. The van der Waals surface area contributed by atoms with E-state index in [4.69, 9.17) is 0 Å². The van der Waals surface area contributed by atoms with Crippen molar-refractivity contribution in [3.63, 3.8) is 0 Å². The third kappa shape index (κ3) is 3.09. The maximum Gasteiger partial charge on any atom is 0.270 e. The Morgan fingerprint density at radius 2 is 2.12 bits per heavy atom. The van der Waals surface area contributed by atoms with Crippen molar-refractivity contribution in [3.8, 4) is 0 Å². The summed E-state index contributed by atoms with van der Waals surface area (Å²) in [6.45, 7) is 0. The normalized spacial score (nSPS) is 11.4. The van der Waals surface area contributed by atoms with E-state index in [9.17, 15) is 10.1 Å². The number of aromatic nitrogens is 4. The van der Waals surface area contributed by atoms with E-state index in [0.29, 0.717) is 16.7 Å². The molecule has 9 nitrogen and oxygen atoms in total. The molecule has 0 saturated heterocycles. The highest BCUT2D eigenvalue weighted by Gasteiger charge is 2.09. The van der Waals surface area contributed by atoms with Crippen LogP contribution in [0.5, 0.6) is 0 Å².